The smallest absolute Gasteiger partial charge is 0.155 e. The Morgan fingerprint density at radius 2 is 1.58 bits per heavy atom. The van der Waals surface area contributed by atoms with Gasteiger partial charge in [-0.3, -0.25) is 14.8 Å². The van der Waals surface area contributed by atoms with E-state index in [2.05, 4.69) is 16.0 Å². The number of carbonyl (C=O) groups is 1. The van der Waals surface area contributed by atoms with Gasteiger partial charge in [-0.15, -0.1) is 35.9 Å². The van der Waals surface area contributed by atoms with Crippen LogP contribution in [0.4, 0.5) is 0 Å². The van der Waals surface area contributed by atoms with Gasteiger partial charge in [0.2, 0.25) is 0 Å². The summed E-state index contributed by atoms with van der Waals surface area (Å²) in [7, 11) is 0. The van der Waals surface area contributed by atoms with Crippen LogP contribution in [0.2, 0.25) is 0 Å². The molecule has 0 saturated carbocycles. The molecule has 1 N–H and O–H groups in total. The summed E-state index contributed by atoms with van der Waals surface area (Å²) in [5.41, 5.74) is 3.06. The van der Waals surface area contributed by atoms with Gasteiger partial charge in [-0.2, -0.15) is 0 Å². The Bertz CT molecular complexity index is 770. The van der Waals surface area contributed by atoms with E-state index in [1.165, 1.54) is 19.9 Å². The molecule has 0 saturated heterocycles. The van der Waals surface area contributed by atoms with Crippen molar-refractivity contribution in [3.05, 3.63) is 84.9 Å². The minimum atomic E-state index is -0.125. The predicted molar refractivity (Wildman–Crippen MR) is 98.8 cm³/mol. The maximum absolute atomic E-state index is 10.0. The Hall–Kier alpha value is -2.62. The Morgan fingerprint density at radius 1 is 0.962 bits per heavy atom. The fourth-order valence-corrected chi connectivity index (χ4v) is 2.07. The molecule has 0 aliphatic rings. The van der Waals surface area contributed by atoms with Gasteiger partial charge in [-0.1, -0.05) is 30.3 Å². The number of aliphatic hydroxyl groups excluding tert-OH is 1. The molecule has 135 valence electrons. The molecule has 0 fully saturated rings. The van der Waals surface area contributed by atoms with Gasteiger partial charge in [0.15, 0.2) is 5.78 Å². The van der Waals surface area contributed by atoms with Gasteiger partial charge in [-0.25, -0.2) is 0 Å². The fourth-order valence-electron chi connectivity index (χ4n) is 2.07. The van der Waals surface area contributed by atoms with Crippen molar-refractivity contribution in [2.75, 3.05) is 0 Å². The number of nitrogens with zero attached hydrogens (tertiary/aromatic N) is 2. The van der Waals surface area contributed by atoms with E-state index in [1.54, 1.807) is 0 Å². The van der Waals surface area contributed by atoms with Crippen molar-refractivity contribution >= 4 is 5.78 Å². The van der Waals surface area contributed by atoms with Gasteiger partial charge in [0, 0.05) is 44.1 Å². The molecule has 2 aromatic carbocycles. The van der Waals surface area contributed by atoms with Crippen LogP contribution in [0.25, 0.3) is 22.5 Å². The van der Waals surface area contributed by atoms with Crippen molar-refractivity contribution in [1.82, 2.24) is 9.97 Å². The Morgan fingerprint density at radius 3 is 2.04 bits per heavy atom. The summed E-state index contributed by atoms with van der Waals surface area (Å²) in [5.74, 6) is 0.641. The van der Waals surface area contributed by atoms with Gasteiger partial charge >= 0.3 is 0 Å². The van der Waals surface area contributed by atoms with Crippen LogP contribution in [0, 0.1) is 6.07 Å². The van der Waals surface area contributed by atoms with Crippen LogP contribution in [0.5, 0.6) is 0 Å². The second-order valence-corrected chi connectivity index (χ2v) is 5.33. The SMILES string of the molecule is CC(=O)C=C(C)O.[Ir].[c-]1ccccc1-c1ncc(-c2ccccc2)cn1. The maximum atomic E-state index is 10.0. The molecule has 0 amide bonds. The number of hydrogen-bond donors (Lipinski definition) is 1. The van der Waals surface area contributed by atoms with E-state index in [4.69, 9.17) is 5.11 Å². The number of benzene rings is 2. The van der Waals surface area contributed by atoms with Crippen molar-refractivity contribution in [2.45, 2.75) is 13.8 Å². The molecule has 0 aliphatic carbocycles. The zero-order valence-electron chi connectivity index (χ0n) is 14.5. The van der Waals surface area contributed by atoms with Gasteiger partial charge in [-0.05, 0) is 19.4 Å². The molecule has 0 aliphatic heterocycles. The van der Waals surface area contributed by atoms with Gasteiger partial charge in [0.1, 0.15) is 0 Å². The van der Waals surface area contributed by atoms with E-state index in [0.717, 1.165) is 16.7 Å². The summed E-state index contributed by atoms with van der Waals surface area (Å²) in [6, 6.07) is 20.9. The Balaban J connectivity index is 0.000000366. The van der Waals surface area contributed by atoms with Gasteiger partial charge in [0.25, 0.3) is 0 Å². The van der Waals surface area contributed by atoms with Crippen LogP contribution in [0.3, 0.4) is 0 Å². The topological polar surface area (TPSA) is 63.1 Å². The van der Waals surface area contributed by atoms with E-state index >= 15 is 0 Å². The molecule has 0 atom stereocenters. The molecule has 1 aromatic heterocycles. The number of hydrogen-bond acceptors (Lipinski definition) is 4. The first kappa shape index (κ1) is 21.4. The second kappa shape index (κ2) is 11.1. The Kier molecular flexibility index (Phi) is 9.13. The minimum Gasteiger partial charge on any atom is -0.512 e. The second-order valence-electron chi connectivity index (χ2n) is 5.33. The summed E-state index contributed by atoms with van der Waals surface area (Å²) < 4.78 is 0. The average Bonchev–Trinajstić information content (AvgIpc) is 2.63. The first-order valence-electron chi connectivity index (χ1n) is 7.78. The molecule has 0 unspecified atom stereocenters. The fraction of sp³-hybridized carbons (Fsp3) is 0.0952. The van der Waals surface area contributed by atoms with E-state index in [9.17, 15) is 4.79 Å². The molecule has 1 heterocycles. The third-order valence-corrected chi connectivity index (χ3v) is 3.12. The molecule has 0 bridgehead atoms. The average molecular weight is 524 g/mol. The monoisotopic (exact) mass is 524 g/mol. The van der Waals surface area contributed by atoms with E-state index in [1.807, 2.05) is 67.0 Å². The van der Waals surface area contributed by atoms with Gasteiger partial charge < -0.3 is 5.11 Å². The van der Waals surface area contributed by atoms with Crippen LogP contribution in [0.15, 0.2) is 78.8 Å². The summed E-state index contributed by atoms with van der Waals surface area (Å²) in [5, 5.41) is 8.36. The summed E-state index contributed by atoms with van der Waals surface area (Å²) in [4.78, 5) is 18.8. The molecular formula is C21H19IrN2O2-. The van der Waals surface area contributed by atoms with Crippen molar-refractivity contribution in [3.8, 4) is 22.5 Å². The van der Waals surface area contributed by atoms with Crippen molar-refractivity contribution in [3.63, 3.8) is 0 Å². The zero-order chi connectivity index (χ0) is 18.1. The number of allylic oxidation sites excluding steroid dienone is 2. The molecule has 1 radical (unpaired) electrons. The van der Waals surface area contributed by atoms with E-state index < -0.39 is 0 Å². The molecule has 5 heteroatoms. The Labute approximate surface area is 167 Å². The van der Waals surface area contributed by atoms with Crippen LogP contribution in [-0.2, 0) is 24.9 Å². The van der Waals surface area contributed by atoms with Crippen LogP contribution in [-0.4, -0.2) is 20.9 Å². The number of rotatable bonds is 3. The molecule has 26 heavy (non-hydrogen) atoms. The quantitative estimate of drug-likeness (QED) is 0.309. The van der Waals surface area contributed by atoms with E-state index in [0.29, 0.717) is 5.82 Å². The molecular weight excluding hydrogens is 504 g/mol. The van der Waals surface area contributed by atoms with Crippen LogP contribution in [0.1, 0.15) is 13.8 Å². The third kappa shape index (κ3) is 7.09. The summed E-state index contributed by atoms with van der Waals surface area (Å²) in [6.07, 6.45) is 4.86. The zero-order valence-corrected chi connectivity index (χ0v) is 16.9. The first-order valence-corrected chi connectivity index (χ1v) is 7.78. The minimum absolute atomic E-state index is 0. The molecule has 3 aromatic rings. The number of aromatic nitrogens is 2. The molecule has 4 nitrogen and oxygen atoms in total. The van der Waals surface area contributed by atoms with Crippen molar-refractivity contribution < 1.29 is 30.0 Å². The van der Waals surface area contributed by atoms with Crippen molar-refractivity contribution in [2.24, 2.45) is 0 Å². The largest absolute Gasteiger partial charge is 0.512 e. The third-order valence-electron chi connectivity index (χ3n) is 3.12. The van der Waals surface area contributed by atoms with Crippen molar-refractivity contribution in [1.29, 1.82) is 0 Å². The van der Waals surface area contributed by atoms with Crippen LogP contribution >= 0.6 is 0 Å². The number of ketones is 1. The standard InChI is InChI=1S/C16H11N2.C5H8O2.Ir/c1-3-7-13(8-4-1)15-11-17-16(18-12-15)14-9-5-2-6-10-14;1-4(6)3-5(2)7;/h1-9,11-12H;3,6H,1-2H3;/q-1;;. The number of carbonyl (C=O) groups excluding carboxylic acids is 1. The number of aliphatic hydroxyl groups is 1. The molecule has 3 rings (SSSR count). The van der Waals surface area contributed by atoms with E-state index in [-0.39, 0.29) is 31.6 Å². The normalized spacial score (nSPS) is 10.2. The summed E-state index contributed by atoms with van der Waals surface area (Å²) in [6.45, 7) is 2.85. The maximum Gasteiger partial charge on any atom is 0.155 e. The van der Waals surface area contributed by atoms with Crippen LogP contribution < -0.4 is 0 Å². The summed E-state index contributed by atoms with van der Waals surface area (Å²) >= 11 is 0. The molecule has 0 spiro atoms. The first-order chi connectivity index (χ1) is 12.1. The van der Waals surface area contributed by atoms with Gasteiger partial charge in [0.05, 0.1) is 11.6 Å². The predicted octanol–water partition coefficient (Wildman–Crippen LogP) is 4.65.